The summed E-state index contributed by atoms with van der Waals surface area (Å²) in [4.78, 5) is 30.5. The van der Waals surface area contributed by atoms with Crippen LogP contribution in [0.1, 0.15) is 32.6 Å². The summed E-state index contributed by atoms with van der Waals surface area (Å²) in [6.45, 7) is 2.06. The van der Waals surface area contributed by atoms with Crippen LogP contribution in [0.25, 0.3) is 0 Å². The third-order valence-electron chi connectivity index (χ3n) is 1.84. The number of carbonyl (C=O) groups excluding carboxylic acids is 2. The highest BCUT2D eigenvalue weighted by Crippen LogP contribution is 1.97. The van der Waals surface area contributed by atoms with Crippen LogP contribution >= 0.6 is 0 Å². The van der Waals surface area contributed by atoms with Gasteiger partial charge in [-0.1, -0.05) is 31.9 Å². The number of rotatable bonds is 4. The number of aliphatic carboxylic acids is 1. The van der Waals surface area contributed by atoms with E-state index in [1.54, 1.807) is 12.2 Å². The molecule has 0 saturated carbocycles. The van der Waals surface area contributed by atoms with Crippen LogP contribution < -0.4 is 0 Å². The number of hydrogen-bond donors (Lipinski definition) is 1. The minimum absolute atomic E-state index is 0.327. The normalized spacial score (nSPS) is 13.3. The number of carboxylic acid groups (broad SMARTS) is 1. The van der Waals surface area contributed by atoms with Crippen molar-refractivity contribution in [1.82, 2.24) is 0 Å². The van der Waals surface area contributed by atoms with Crippen molar-refractivity contribution in [2.75, 3.05) is 0 Å². The van der Waals surface area contributed by atoms with E-state index in [9.17, 15) is 14.4 Å². The third kappa shape index (κ3) is 7.67. The van der Waals surface area contributed by atoms with Gasteiger partial charge in [0.05, 0.1) is 0 Å². The first-order valence-corrected chi connectivity index (χ1v) is 5.22. The molecule has 16 heavy (non-hydrogen) atoms. The van der Waals surface area contributed by atoms with Crippen LogP contribution in [0, 0.1) is 0 Å². The largest absolute Gasteiger partial charge is 0.481 e. The van der Waals surface area contributed by atoms with Gasteiger partial charge in [0.15, 0.2) is 0 Å². The molecular formula is C12H16O4. The van der Waals surface area contributed by atoms with Crippen LogP contribution in [0.3, 0.4) is 0 Å². The second-order valence-electron chi connectivity index (χ2n) is 3.30. The standard InChI is InChI=1S/C6H4O2.C6H12O2/c7-5-3-1-2-4-6(5)8;1-2-3-4-5-6(7)8/h1-4H;2-5H2,1H3,(H,7,8). The highest BCUT2D eigenvalue weighted by atomic mass is 16.4. The summed E-state index contributed by atoms with van der Waals surface area (Å²) >= 11 is 0. The number of carboxylic acids is 1. The van der Waals surface area contributed by atoms with E-state index in [4.69, 9.17) is 5.11 Å². The lowest BCUT2D eigenvalue weighted by atomic mass is 10.1. The van der Waals surface area contributed by atoms with Gasteiger partial charge in [-0.05, 0) is 18.6 Å². The summed E-state index contributed by atoms with van der Waals surface area (Å²) in [5.74, 6) is -1.56. The number of unbranched alkanes of at least 4 members (excludes halogenated alkanes) is 2. The quantitative estimate of drug-likeness (QED) is 0.449. The lowest BCUT2D eigenvalue weighted by molar-refractivity contribution is -0.137. The van der Waals surface area contributed by atoms with E-state index in [1.165, 1.54) is 12.2 Å². The molecule has 0 spiro atoms. The number of allylic oxidation sites excluding steroid dienone is 4. The summed E-state index contributed by atoms with van der Waals surface area (Å²) in [5.41, 5.74) is 0. The molecule has 1 aliphatic carbocycles. The minimum atomic E-state index is -0.682. The maximum absolute atomic E-state index is 10.3. The Labute approximate surface area is 94.7 Å². The molecular weight excluding hydrogens is 208 g/mol. The topological polar surface area (TPSA) is 71.4 Å². The fourth-order valence-electron chi connectivity index (χ4n) is 0.976. The molecule has 0 unspecified atom stereocenters. The molecule has 1 aliphatic rings. The number of hydrogen-bond acceptors (Lipinski definition) is 3. The summed E-state index contributed by atoms with van der Waals surface area (Å²) in [6.07, 6.45) is 8.87. The summed E-state index contributed by atoms with van der Waals surface area (Å²) < 4.78 is 0. The lowest BCUT2D eigenvalue weighted by Gasteiger charge is -1.89. The van der Waals surface area contributed by atoms with Crippen molar-refractivity contribution in [1.29, 1.82) is 0 Å². The van der Waals surface area contributed by atoms with Crippen molar-refractivity contribution < 1.29 is 19.5 Å². The molecule has 0 aromatic rings. The first-order valence-electron chi connectivity index (χ1n) is 5.22. The number of carbonyl (C=O) groups is 3. The molecule has 0 bridgehead atoms. The summed E-state index contributed by atoms with van der Waals surface area (Å²) in [5, 5.41) is 8.14. The van der Waals surface area contributed by atoms with Gasteiger partial charge < -0.3 is 5.11 Å². The van der Waals surface area contributed by atoms with E-state index in [2.05, 4.69) is 6.92 Å². The van der Waals surface area contributed by atoms with E-state index in [1.807, 2.05) is 0 Å². The zero-order valence-corrected chi connectivity index (χ0v) is 9.31. The smallest absolute Gasteiger partial charge is 0.303 e. The Morgan fingerprint density at radius 1 is 1.12 bits per heavy atom. The van der Waals surface area contributed by atoms with Gasteiger partial charge in [0.1, 0.15) is 0 Å². The molecule has 4 heteroatoms. The van der Waals surface area contributed by atoms with Crippen molar-refractivity contribution >= 4 is 17.5 Å². The fraction of sp³-hybridized carbons (Fsp3) is 0.417. The molecule has 0 heterocycles. The van der Waals surface area contributed by atoms with Crippen molar-refractivity contribution in [3.05, 3.63) is 24.3 Å². The Balaban J connectivity index is 0.000000281. The molecule has 0 aromatic heterocycles. The maximum Gasteiger partial charge on any atom is 0.303 e. The predicted octanol–water partition coefficient (Wildman–Crippen LogP) is 1.90. The van der Waals surface area contributed by atoms with E-state index < -0.39 is 17.5 Å². The predicted molar refractivity (Wildman–Crippen MR) is 60.1 cm³/mol. The zero-order valence-electron chi connectivity index (χ0n) is 9.31. The van der Waals surface area contributed by atoms with Gasteiger partial charge in [0, 0.05) is 6.42 Å². The van der Waals surface area contributed by atoms with Gasteiger partial charge in [-0.25, -0.2) is 0 Å². The van der Waals surface area contributed by atoms with Crippen LogP contribution in [0.2, 0.25) is 0 Å². The van der Waals surface area contributed by atoms with Gasteiger partial charge in [0.2, 0.25) is 11.6 Å². The van der Waals surface area contributed by atoms with Gasteiger partial charge >= 0.3 is 5.97 Å². The molecule has 0 aromatic carbocycles. The fourth-order valence-corrected chi connectivity index (χ4v) is 0.976. The van der Waals surface area contributed by atoms with Crippen molar-refractivity contribution in [2.45, 2.75) is 32.6 Å². The van der Waals surface area contributed by atoms with E-state index >= 15 is 0 Å². The van der Waals surface area contributed by atoms with Gasteiger partial charge in [0.25, 0.3) is 0 Å². The van der Waals surface area contributed by atoms with Crippen LogP contribution in [0.4, 0.5) is 0 Å². The first kappa shape index (κ1) is 14.3. The van der Waals surface area contributed by atoms with Crippen molar-refractivity contribution in [3.63, 3.8) is 0 Å². The molecule has 1 N–H and O–H groups in total. The van der Waals surface area contributed by atoms with E-state index in [0.717, 1.165) is 19.3 Å². The zero-order chi connectivity index (χ0) is 12.4. The average Bonchev–Trinajstić information content (AvgIpc) is 2.23. The molecule has 4 nitrogen and oxygen atoms in total. The van der Waals surface area contributed by atoms with Gasteiger partial charge in [-0.3, -0.25) is 14.4 Å². The third-order valence-corrected chi connectivity index (χ3v) is 1.84. The van der Waals surface area contributed by atoms with Gasteiger partial charge in [-0.2, -0.15) is 0 Å². The molecule has 0 atom stereocenters. The highest BCUT2D eigenvalue weighted by Gasteiger charge is 2.06. The van der Waals surface area contributed by atoms with Crippen LogP contribution in [-0.2, 0) is 14.4 Å². The summed E-state index contributed by atoms with van der Waals surface area (Å²) in [6, 6.07) is 0. The Morgan fingerprint density at radius 2 is 1.62 bits per heavy atom. The maximum atomic E-state index is 10.3. The second kappa shape index (κ2) is 8.59. The van der Waals surface area contributed by atoms with Gasteiger partial charge in [-0.15, -0.1) is 0 Å². The van der Waals surface area contributed by atoms with E-state index in [-0.39, 0.29) is 0 Å². The Morgan fingerprint density at radius 3 is 1.94 bits per heavy atom. The molecule has 1 rings (SSSR count). The van der Waals surface area contributed by atoms with Crippen molar-refractivity contribution in [2.24, 2.45) is 0 Å². The SMILES string of the molecule is CCCCCC(=O)O.O=C1C=CC=CC1=O. The van der Waals surface area contributed by atoms with E-state index in [0.29, 0.717) is 6.42 Å². The molecule has 88 valence electrons. The van der Waals surface area contributed by atoms with Crippen molar-refractivity contribution in [3.8, 4) is 0 Å². The number of ketones is 2. The summed E-state index contributed by atoms with van der Waals surface area (Å²) in [7, 11) is 0. The second-order valence-corrected chi connectivity index (χ2v) is 3.30. The molecule has 0 amide bonds. The monoisotopic (exact) mass is 224 g/mol. The molecule has 0 radical (unpaired) electrons. The van der Waals surface area contributed by atoms with Crippen LogP contribution in [-0.4, -0.2) is 22.6 Å². The minimum Gasteiger partial charge on any atom is -0.481 e. The Bertz CT molecular complexity index is 291. The lowest BCUT2D eigenvalue weighted by Crippen LogP contribution is -2.08. The molecule has 0 saturated heterocycles. The Hall–Kier alpha value is -1.71. The molecule has 0 fully saturated rings. The highest BCUT2D eigenvalue weighted by molar-refractivity contribution is 6.46. The van der Waals surface area contributed by atoms with Crippen LogP contribution in [0.5, 0.6) is 0 Å². The van der Waals surface area contributed by atoms with Crippen LogP contribution in [0.15, 0.2) is 24.3 Å². The average molecular weight is 224 g/mol. The first-order chi connectivity index (χ1) is 7.57. The Kier molecular flexibility index (Phi) is 7.67. The molecule has 0 aliphatic heterocycles.